The first kappa shape index (κ1) is 26.5. The van der Waals surface area contributed by atoms with Crippen molar-refractivity contribution in [2.75, 3.05) is 25.0 Å². The van der Waals surface area contributed by atoms with Gasteiger partial charge in [-0.1, -0.05) is 30.3 Å². The van der Waals surface area contributed by atoms with Gasteiger partial charge in [0.15, 0.2) is 6.17 Å². The SMILES string of the molecule is CC(C)(C)OC(=O)N1CCc2ccc(NC3=NC4C(c5ccccc5OCC(F)F)=CC=CN4N3)cc2CC1. The lowest BCUT2D eigenvalue weighted by molar-refractivity contribution is 0.0258. The molecule has 8 nitrogen and oxygen atoms in total. The number of halogens is 2. The summed E-state index contributed by atoms with van der Waals surface area (Å²) in [4.78, 5) is 19.2. The summed E-state index contributed by atoms with van der Waals surface area (Å²) in [5, 5.41) is 5.21. The predicted octanol–water partition coefficient (Wildman–Crippen LogP) is 5.19. The fraction of sp³-hybridized carbons (Fsp3) is 0.379. The highest BCUT2D eigenvalue weighted by atomic mass is 19.3. The van der Waals surface area contributed by atoms with Crippen LogP contribution in [-0.4, -0.2) is 59.9 Å². The number of ether oxygens (including phenoxy) is 2. The summed E-state index contributed by atoms with van der Waals surface area (Å²) >= 11 is 0. The van der Waals surface area contributed by atoms with Crippen molar-refractivity contribution >= 4 is 23.3 Å². The number of rotatable bonds is 5. The zero-order valence-electron chi connectivity index (χ0n) is 22.3. The van der Waals surface area contributed by atoms with Gasteiger partial charge < -0.3 is 19.7 Å². The number of hydrazine groups is 1. The highest BCUT2D eigenvalue weighted by Gasteiger charge is 2.31. The first-order valence-corrected chi connectivity index (χ1v) is 13.0. The molecule has 0 aromatic heterocycles. The molecule has 206 valence electrons. The van der Waals surface area contributed by atoms with Gasteiger partial charge in [-0.05, 0) is 69.0 Å². The van der Waals surface area contributed by atoms with Gasteiger partial charge in [0.2, 0.25) is 5.96 Å². The van der Waals surface area contributed by atoms with Crippen molar-refractivity contribution in [3.8, 4) is 5.75 Å². The number of amides is 1. The second-order valence-electron chi connectivity index (χ2n) is 10.6. The van der Waals surface area contributed by atoms with Gasteiger partial charge in [0.05, 0.1) is 0 Å². The van der Waals surface area contributed by atoms with Crippen LogP contribution in [0.4, 0.5) is 19.3 Å². The Morgan fingerprint density at radius 3 is 2.69 bits per heavy atom. The van der Waals surface area contributed by atoms with Gasteiger partial charge in [0.1, 0.15) is 18.0 Å². The molecule has 0 radical (unpaired) electrons. The number of alkyl halides is 2. The molecule has 0 bridgehead atoms. The number of hydrogen-bond acceptors (Lipinski definition) is 7. The van der Waals surface area contributed by atoms with Crippen molar-refractivity contribution in [2.24, 2.45) is 4.99 Å². The van der Waals surface area contributed by atoms with Crippen LogP contribution in [0.15, 0.2) is 65.8 Å². The van der Waals surface area contributed by atoms with Crippen molar-refractivity contribution in [3.63, 3.8) is 0 Å². The third-order valence-corrected chi connectivity index (χ3v) is 6.54. The first-order chi connectivity index (χ1) is 18.7. The van der Waals surface area contributed by atoms with E-state index >= 15 is 0 Å². The summed E-state index contributed by atoms with van der Waals surface area (Å²) < 4.78 is 36.5. The van der Waals surface area contributed by atoms with Crippen LogP contribution in [0.3, 0.4) is 0 Å². The Morgan fingerprint density at radius 1 is 1.15 bits per heavy atom. The Kier molecular flexibility index (Phi) is 7.45. The van der Waals surface area contributed by atoms with E-state index in [1.54, 1.807) is 17.0 Å². The number of aliphatic imine (C=N–C) groups is 1. The topological polar surface area (TPSA) is 78.4 Å². The molecule has 10 heteroatoms. The minimum atomic E-state index is -2.56. The first-order valence-electron chi connectivity index (χ1n) is 13.0. The molecule has 2 aromatic rings. The van der Waals surface area contributed by atoms with Gasteiger partial charge >= 0.3 is 6.09 Å². The maximum Gasteiger partial charge on any atom is 0.410 e. The smallest absolute Gasteiger partial charge is 0.410 e. The molecule has 0 spiro atoms. The van der Waals surface area contributed by atoms with E-state index in [9.17, 15) is 13.6 Å². The van der Waals surface area contributed by atoms with Crippen LogP contribution in [0.5, 0.6) is 5.75 Å². The fourth-order valence-electron chi connectivity index (χ4n) is 4.78. The second kappa shape index (κ2) is 11.0. The lowest BCUT2D eigenvalue weighted by atomic mass is 10.00. The summed E-state index contributed by atoms with van der Waals surface area (Å²) in [7, 11) is 0. The molecule has 0 fully saturated rings. The Labute approximate surface area is 227 Å². The average Bonchev–Trinajstić information content (AvgIpc) is 3.17. The quantitative estimate of drug-likeness (QED) is 0.547. The molecule has 39 heavy (non-hydrogen) atoms. The number of carbonyl (C=O) groups is 1. The number of nitrogens with zero attached hydrogens (tertiary/aromatic N) is 3. The number of para-hydroxylation sites is 1. The fourth-order valence-corrected chi connectivity index (χ4v) is 4.78. The monoisotopic (exact) mass is 537 g/mol. The van der Waals surface area contributed by atoms with E-state index in [0.717, 1.165) is 24.1 Å². The Morgan fingerprint density at radius 2 is 1.92 bits per heavy atom. The number of carbonyl (C=O) groups excluding carboxylic acids is 1. The summed E-state index contributed by atoms with van der Waals surface area (Å²) in [6.07, 6.45) is 3.92. The van der Waals surface area contributed by atoms with Gasteiger partial charge in [-0.3, -0.25) is 10.4 Å². The Hall–Kier alpha value is -4.08. The maximum absolute atomic E-state index is 12.8. The number of benzene rings is 2. The summed E-state index contributed by atoms with van der Waals surface area (Å²) in [6, 6.07) is 13.3. The summed E-state index contributed by atoms with van der Waals surface area (Å²) in [6.45, 7) is 6.15. The van der Waals surface area contributed by atoms with E-state index in [-0.39, 0.29) is 6.09 Å². The van der Waals surface area contributed by atoms with Crippen LogP contribution in [0.25, 0.3) is 5.57 Å². The van der Waals surface area contributed by atoms with E-state index in [0.29, 0.717) is 30.4 Å². The molecule has 1 unspecified atom stereocenters. The lowest BCUT2D eigenvalue weighted by Gasteiger charge is -2.27. The molecule has 3 heterocycles. The number of fused-ring (bicyclic) bond motifs is 2. The third kappa shape index (κ3) is 6.32. The standard InChI is InChI=1S/C29H33F2N5O3/c1-29(2,3)39-28(37)35-15-12-19-10-11-21(17-20(19)13-16-35)32-27-33-26-23(8-6-14-36(26)34-27)22-7-4-5-9-24(22)38-18-25(30)31/h4-11,14,17,25-26H,12-13,15-16,18H2,1-3H3,(H2,32,33,34). The Bertz CT molecular complexity index is 1320. The number of nitrogens with one attached hydrogen (secondary N) is 2. The zero-order chi connectivity index (χ0) is 27.6. The second-order valence-corrected chi connectivity index (χ2v) is 10.6. The van der Waals surface area contributed by atoms with Crippen LogP contribution in [0, 0.1) is 0 Å². The third-order valence-electron chi connectivity index (χ3n) is 6.54. The van der Waals surface area contributed by atoms with Gasteiger partial charge in [-0.2, -0.15) is 0 Å². The molecule has 3 aliphatic heterocycles. The van der Waals surface area contributed by atoms with Crippen molar-refractivity contribution in [1.82, 2.24) is 15.3 Å². The van der Waals surface area contributed by atoms with E-state index in [4.69, 9.17) is 14.5 Å². The van der Waals surface area contributed by atoms with Crippen LogP contribution in [0.2, 0.25) is 0 Å². The molecule has 1 amide bonds. The number of anilines is 1. The van der Waals surface area contributed by atoms with Gasteiger partial charge in [0.25, 0.3) is 6.43 Å². The van der Waals surface area contributed by atoms with Crippen molar-refractivity contribution < 1.29 is 23.0 Å². The maximum atomic E-state index is 12.8. The van der Waals surface area contributed by atoms with E-state index in [1.807, 2.05) is 62.3 Å². The zero-order valence-corrected chi connectivity index (χ0v) is 22.3. The summed E-state index contributed by atoms with van der Waals surface area (Å²) in [5.41, 5.74) is 7.53. The van der Waals surface area contributed by atoms with E-state index in [1.165, 1.54) is 11.1 Å². The van der Waals surface area contributed by atoms with Crippen molar-refractivity contribution in [1.29, 1.82) is 0 Å². The van der Waals surface area contributed by atoms with Crippen LogP contribution < -0.4 is 15.5 Å². The molecule has 3 aliphatic rings. The molecule has 5 rings (SSSR count). The molecule has 0 saturated heterocycles. The van der Waals surface area contributed by atoms with Crippen molar-refractivity contribution in [3.05, 3.63) is 77.5 Å². The van der Waals surface area contributed by atoms with Crippen LogP contribution in [0.1, 0.15) is 37.5 Å². The molecular weight excluding hydrogens is 504 g/mol. The Balaban J connectivity index is 1.28. The molecule has 1 atom stereocenters. The van der Waals surface area contributed by atoms with Gasteiger partial charge in [-0.25, -0.2) is 18.6 Å². The van der Waals surface area contributed by atoms with E-state index in [2.05, 4.69) is 22.9 Å². The van der Waals surface area contributed by atoms with Crippen molar-refractivity contribution in [2.45, 2.75) is 51.8 Å². The highest BCUT2D eigenvalue weighted by Crippen LogP contribution is 2.34. The number of guanidine groups is 1. The van der Waals surface area contributed by atoms with Crippen LogP contribution >= 0.6 is 0 Å². The molecule has 0 saturated carbocycles. The molecule has 2 aromatic carbocycles. The minimum absolute atomic E-state index is 0.284. The lowest BCUT2D eigenvalue weighted by Crippen LogP contribution is -2.40. The average molecular weight is 538 g/mol. The molecular formula is C29H33F2N5O3. The molecule has 2 N–H and O–H groups in total. The highest BCUT2D eigenvalue weighted by molar-refractivity contribution is 5.96. The van der Waals surface area contributed by atoms with Gasteiger partial charge in [0, 0.05) is 36.1 Å². The largest absolute Gasteiger partial charge is 0.487 e. The molecule has 0 aliphatic carbocycles. The van der Waals surface area contributed by atoms with E-state index < -0.39 is 24.8 Å². The number of allylic oxidation sites excluding steroid dienone is 2. The number of hydrogen-bond donors (Lipinski definition) is 2. The normalized spacial score (nSPS) is 18.5. The predicted molar refractivity (Wildman–Crippen MR) is 147 cm³/mol. The van der Waals surface area contributed by atoms with Gasteiger partial charge in [-0.15, -0.1) is 0 Å². The summed E-state index contributed by atoms with van der Waals surface area (Å²) in [5.74, 6) is 0.953. The van der Waals surface area contributed by atoms with Crippen LogP contribution in [-0.2, 0) is 17.6 Å². The minimum Gasteiger partial charge on any atom is -0.487 e.